The molecule has 0 saturated carbocycles. The van der Waals surface area contributed by atoms with E-state index in [9.17, 15) is 9.59 Å². The second-order valence-corrected chi connectivity index (χ2v) is 6.94. The van der Waals surface area contributed by atoms with Gasteiger partial charge in [0.2, 0.25) is 5.95 Å². The van der Waals surface area contributed by atoms with Gasteiger partial charge in [0.25, 0.3) is 5.91 Å². The molecule has 2 aliphatic heterocycles. The summed E-state index contributed by atoms with van der Waals surface area (Å²) < 4.78 is 17.5. The van der Waals surface area contributed by atoms with Crippen molar-refractivity contribution >= 4 is 17.8 Å². The zero-order chi connectivity index (χ0) is 21.1. The highest BCUT2D eigenvalue weighted by atomic mass is 16.5. The summed E-state index contributed by atoms with van der Waals surface area (Å²) in [5.74, 6) is 0.595. The maximum Gasteiger partial charge on any atom is 0.338 e. The fourth-order valence-electron chi connectivity index (χ4n) is 3.57. The van der Waals surface area contributed by atoms with Crippen molar-refractivity contribution in [1.82, 2.24) is 19.7 Å². The molecule has 30 heavy (non-hydrogen) atoms. The number of esters is 1. The Bertz CT molecular complexity index is 962. The number of rotatable bonds is 5. The second kappa shape index (κ2) is 8.54. The Morgan fingerprint density at radius 1 is 1.23 bits per heavy atom. The van der Waals surface area contributed by atoms with Crippen molar-refractivity contribution < 1.29 is 23.8 Å². The van der Waals surface area contributed by atoms with Crippen LogP contribution in [-0.4, -0.2) is 71.6 Å². The van der Waals surface area contributed by atoms with Crippen LogP contribution < -0.4 is 10.1 Å². The van der Waals surface area contributed by atoms with Crippen LogP contribution in [0.15, 0.2) is 41.9 Å². The van der Waals surface area contributed by atoms with E-state index in [-0.39, 0.29) is 12.5 Å². The first kappa shape index (κ1) is 19.9. The summed E-state index contributed by atoms with van der Waals surface area (Å²) in [6, 6.07) is 6.73. The molecule has 0 radical (unpaired) electrons. The number of anilines is 1. The van der Waals surface area contributed by atoms with Crippen LogP contribution in [0.3, 0.4) is 0 Å². The highest BCUT2D eigenvalue weighted by Gasteiger charge is 2.34. The van der Waals surface area contributed by atoms with Gasteiger partial charge in [-0.2, -0.15) is 10.1 Å². The van der Waals surface area contributed by atoms with Crippen molar-refractivity contribution in [3.05, 3.63) is 47.4 Å². The van der Waals surface area contributed by atoms with Crippen LogP contribution in [0.4, 0.5) is 5.95 Å². The number of nitrogens with one attached hydrogen (secondary N) is 1. The van der Waals surface area contributed by atoms with Crippen molar-refractivity contribution in [2.24, 2.45) is 0 Å². The van der Waals surface area contributed by atoms with Gasteiger partial charge in [0.05, 0.1) is 25.9 Å². The summed E-state index contributed by atoms with van der Waals surface area (Å²) in [6.07, 6.45) is 1.43. The summed E-state index contributed by atoms with van der Waals surface area (Å²) >= 11 is 0. The third-order valence-corrected chi connectivity index (χ3v) is 5.12. The first-order valence-electron chi connectivity index (χ1n) is 9.62. The van der Waals surface area contributed by atoms with E-state index in [1.165, 1.54) is 13.4 Å². The summed E-state index contributed by atoms with van der Waals surface area (Å²) in [6.45, 7) is 4.03. The predicted molar refractivity (Wildman–Crippen MR) is 106 cm³/mol. The van der Waals surface area contributed by atoms with E-state index in [0.29, 0.717) is 49.3 Å². The Labute approximate surface area is 173 Å². The lowest BCUT2D eigenvalue weighted by Gasteiger charge is -2.28. The topological polar surface area (TPSA) is 108 Å². The molecular weight excluding hydrogens is 390 g/mol. The summed E-state index contributed by atoms with van der Waals surface area (Å²) in [4.78, 5) is 30.6. The van der Waals surface area contributed by atoms with E-state index in [2.05, 4.69) is 15.4 Å². The third kappa shape index (κ3) is 3.86. The molecule has 0 aliphatic carbocycles. The lowest BCUT2D eigenvalue weighted by atomic mass is 9.96. The molecule has 1 aromatic heterocycles. The minimum Gasteiger partial charge on any atom is -0.484 e. The minimum absolute atomic E-state index is 0.0354. The van der Waals surface area contributed by atoms with Gasteiger partial charge in [-0.25, -0.2) is 9.48 Å². The molecule has 10 nitrogen and oxygen atoms in total. The molecule has 1 N–H and O–H groups in total. The first-order valence-corrected chi connectivity index (χ1v) is 9.62. The van der Waals surface area contributed by atoms with E-state index in [0.717, 1.165) is 5.56 Å². The van der Waals surface area contributed by atoms with E-state index in [1.54, 1.807) is 28.6 Å². The molecule has 0 bridgehead atoms. The van der Waals surface area contributed by atoms with Gasteiger partial charge in [-0.15, -0.1) is 0 Å². The van der Waals surface area contributed by atoms with Gasteiger partial charge in [-0.3, -0.25) is 4.79 Å². The van der Waals surface area contributed by atoms with Crippen LogP contribution in [0.1, 0.15) is 18.5 Å². The Morgan fingerprint density at radius 2 is 1.97 bits per heavy atom. The molecule has 1 unspecified atom stereocenters. The molecule has 1 fully saturated rings. The van der Waals surface area contributed by atoms with E-state index >= 15 is 0 Å². The largest absolute Gasteiger partial charge is 0.484 e. The van der Waals surface area contributed by atoms with Crippen molar-refractivity contribution in [3.63, 3.8) is 0 Å². The second-order valence-electron chi connectivity index (χ2n) is 6.94. The van der Waals surface area contributed by atoms with Gasteiger partial charge in [0.15, 0.2) is 6.61 Å². The smallest absolute Gasteiger partial charge is 0.338 e. The SMILES string of the molecule is COC(=O)C1=C(C)Nc2ncnn2C1c1ccc(OCC(=O)N2CCOCC2)cc1. The number of amides is 1. The van der Waals surface area contributed by atoms with Gasteiger partial charge >= 0.3 is 5.97 Å². The van der Waals surface area contributed by atoms with Crippen LogP contribution in [0.2, 0.25) is 0 Å². The molecule has 2 aromatic rings. The monoisotopic (exact) mass is 413 g/mol. The van der Waals surface area contributed by atoms with Crippen molar-refractivity contribution in [2.45, 2.75) is 13.0 Å². The normalized spacial score (nSPS) is 18.5. The average molecular weight is 413 g/mol. The van der Waals surface area contributed by atoms with Crippen LogP contribution in [0.25, 0.3) is 0 Å². The summed E-state index contributed by atoms with van der Waals surface area (Å²) in [5.41, 5.74) is 1.92. The summed E-state index contributed by atoms with van der Waals surface area (Å²) in [7, 11) is 1.35. The molecule has 1 atom stereocenters. The zero-order valence-corrected chi connectivity index (χ0v) is 16.8. The fraction of sp³-hybridized carbons (Fsp3) is 0.400. The molecule has 158 valence electrons. The van der Waals surface area contributed by atoms with Crippen LogP contribution >= 0.6 is 0 Å². The van der Waals surface area contributed by atoms with Crippen molar-refractivity contribution in [2.75, 3.05) is 45.3 Å². The lowest BCUT2D eigenvalue weighted by Crippen LogP contribution is -2.42. The zero-order valence-electron chi connectivity index (χ0n) is 16.8. The van der Waals surface area contributed by atoms with Gasteiger partial charge < -0.3 is 24.4 Å². The standard InChI is InChI=1S/C20H23N5O5/c1-13-17(19(27)28-2)18(25-20(23-13)21-12-22-25)14-3-5-15(6-4-14)30-11-16(26)24-7-9-29-10-8-24/h3-6,12,18H,7-11H2,1-2H3,(H,21,22,23). The Kier molecular flexibility index (Phi) is 5.66. The van der Waals surface area contributed by atoms with Crippen LogP contribution in [-0.2, 0) is 19.1 Å². The number of ether oxygens (including phenoxy) is 3. The quantitative estimate of drug-likeness (QED) is 0.723. The van der Waals surface area contributed by atoms with Crippen molar-refractivity contribution in [1.29, 1.82) is 0 Å². The van der Waals surface area contributed by atoms with Gasteiger partial charge in [0.1, 0.15) is 18.1 Å². The number of hydrogen-bond acceptors (Lipinski definition) is 8. The highest BCUT2D eigenvalue weighted by Crippen LogP contribution is 2.35. The average Bonchev–Trinajstić information content (AvgIpc) is 3.25. The molecule has 2 aliphatic rings. The molecular formula is C20H23N5O5. The molecule has 1 amide bonds. The number of carbonyl (C=O) groups excluding carboxylic acids is 2. The highest BCUT2D eigenvalue weighted by molar-refractivity contribution is 5.92. The van der Waals surface area contributed by atoms with Gasteiger partial charge in [-0.1, -0.05) is 12.1 Å². The number of benzene rings is 1. The fourth-order valence-corrected chi connectivity index (χ4v) is 3.57. The first-order chi connectivity index (χ1) is 14.6. The Morgan fingerprint density at radius 3 is 2.67 bits per heavy atom. The Hall–Kier alpha value is -3.40. The molecule has 3 heterocycles. The molecule has 1 saturated heterocycles. The number of morpholine rings is 1. The number of carbonyl (C=O) groups is 2. The number of fused-ring (bicyclic) bond motifs is 1. The number of aromatic nitrogens is 3. The van der Waals surface area contributed by atoms with E-state index in [4.69, 9.17) is 14.2 Å². The van der Waals surface area contributed by atoms with Gasteiger partial charge in [-0.05, 0) is 24.6 Å². The molecule has 1 aromatic carbocycles. The van der Waals surface area contributed by atoms with E-state index < -0.39 is 12.0 Å². The number of allylic oxidation sites excluding steroid dienone is 1. The maximum absolute atomic E-state index is 12.4. The molecule has 10 heteroatoms. The molecule has 0 spiro atoms. The lowest BCUT2D eigenvalue weighted by molar-refractivity contribution is -0.137. The number of hydrogen-bond donors (Lipinski definition) is 1. The molecule has 4 rings (SSSR count). The predicted octanol–water partition coefficient (Wildman–Crippen LogP) is 0.978. The van der Waals surface area contributed by atoms with Crippen LogP contribution in [0, 0.1) is 0 Å². The maximum atomic E-state index is 12.4. The van der Waals surface area contributed by atoms with Gasteiger partial charge in [0, 0.05) is 18.8 Å². The minimum atomic E-state index is -0.486. The van der Waals surface area contributed by atoms with E-state index in [1.807, 2.05) is 12.1 Å². The number of methoxy groups -OCH3 is 1. The number of nitrogens with zero attached hydrogens (tertiary/aromatic N) is 4. The van der Waals surface area contributed by atoms with Crippen LogP contribution in [0.5, 0.6) is 5.75 Å². The summed E-state index contributed by atoms with van der Waals surface area (Å²) in [5, 5.41) is 7.33. The van der Waals surface area contributed by atoms with Crippen molar-refractivity contribution in [3.8, 4) is 5.75 Å². The third-order valence-electron chi connectivity index (χ3n) is 5.12. The Balaban J connectivity index is 1.51.